The van der Waals surface area contributed by atoms with E-state index in [0.29, 0.717) is 37.0 Å². The molecule has 5 rings (SSSR count). The van der Waals surface area contributed by atoms with Crippen molar-refractivity contribution >= 4 is 17.6 Å². The molecule has 9 nitrogen and oxygen atoms in total. The molecule has 0 spiro atoms. The lowest BCUT2D eigenvalue weighted by atomic mass is 9.82. The first-order valence-electron chi connectivity index (χ1n) is 14.4. The number of amides is 1. The first kappa shape index (κ1) is 29.4. The molecular weight excluding hydrogens is 536 g/mol. The van der Waals surface area contributed by atoms with Crippen molar-refractivity contribution in [3.8, 4) is 17.2 Å². The average molecular weight is 575 g/mol. The molecule has 0 aliphatic carbocycles. The fourth-order valence-electron chi connectivity index (χ4n) is 6.10. The van der Waals surface area contributed by atoms with Gasteiger partial charge in [-0.1, -0.05) is 56.3 Å². The van der Waals surface area contributed by atoms with E-state index < -0.39 is 23.8 Å². The number of para-hydroxylation sites is 2. The van der Waals surface area contributed by atoms with E-state index >= 15 is 0 Å². The van der Waals surface area contributed by atoms with Crippen molar-refractivity contribution in [1.29, 1.82) is 0 Å². The van der Waals surface area contributed by atoms with Gasteiger partial charge in [-0.15, -0.1) is 0 Å². The number of carbonyl (C=O) groups is 2. The Kier molecular flexibility index (Phi) is 9.29. The molecule has 2 aliphatic heterocycles. The van der Waals surface area contributed by atoms with Gasteiger partial charge < -0.3 is 29.4 Å². The summed E-state index contributed by atoms with van der Waals surface area (Å²) in [7, 11) is 1.60. The quantitative estimate of drug-likeness (QED) is 0.290. The zero-order chi connectivity index (χ0) is 29.6. The van der Waals surface area contributed by atoms with E-state index in [0.717, 1.165) is 40.8 Å². The summed E-state index contributed by atoms with van der Waals surface area (Å²) < 4.78 is 22.3. The van der Waals surface area contributed by atoms with Crippen LogP contribution in [0.3, 0.4) is 0 Å². The van der Waals surface area contributed by atoms with Crippen molar-refractivity contribution in [3.05, 3.63) is 82.9 Å². The summed E-state index contributed by atoms with van der Waals surface area (Å²) in [4.78, 5) is 28.6. The Morgan fingerprint density at radius 3 is 2.43 bits per heavy atom. The van der Waals surface area contributed by atoms with Crippen LogP contribution in [0.15, 0.2) is 60.7 Å². The minimum atomic E-state index is -0.943. The van der Waals surface area contributed by atoms with Crippen molar-refractivity contribution in [2.45, 2.75) is 38.6 Å². The maximum absolute atomic E-state index is 13.7. The SMILES string of the molecule is CCc1cccc(CC)c1NC(=O)CN1C[C@H](c2ccc3c(c2)OCO3)C(C(=O)O)[C@@H]1c1ccccc1OCCOC. The van der Waals surface area contributed by atoms with Crippen molar-refractivity contribution < 1.29 is 33.6 Å². The largest absolute Gasteiger partial charge is 0.491 e. The van der Waals surface area contributed by atoms with Crippen LogP contribution in [0.1, 0.15) is 48.1 Å². The standard InChI is InChI=1S/C33H38N2O7/c1-4-21-9-8-10-22(5-2)31(21)34-29(36)19-35-18-25(23-13-14-27-28(17-23)42-20-41-27)30(33(37)38)32(35)24-11-6-7-12-26(24)40-16-15-39-3/h6-14,17,25,30,32H,4-5,15-16,18-20H2,1-3H3,(H,34,36)(H,37,38)/t25-,30?,32+/m1/s1. The van der Waals surface area contributed by atoms with Gasteiger partial charge in [-0.2, -0.15) is 0 Å². The number of nitrogens with zero attached hydrogens (tertiary/aromatic N) is 1. The first-order chi connectivity index (χ1) is 20.4. The summed E-state index contributed by atoms with van der Waals surface area (Å²) in [6.07, 6.45) is 1.57. The van der Waals surface area contributed by atoms with Gasteiger partial charge >= 0.3 is 5.97 Å². The molecule has 1 amide bonds. The van der Waals surface area contributed by atoms with Gasteiger partial charge in [0.15, 0.2) is 11.5 Å². The number of carboxylic acids is 1. The van der Waals surface area contributed by atoms with Crippen LogP contribution in [0, 0.1) is 5.92 Å². The molecule has 1 unspecified atom stereocenters. The van der Waals surface area contributed by atoms with E-state index in [1.807, 2.05) is 65.6 Å². The molecular formula is C33H38N2O7. The van der Waals surface area contributed by atoms with Crippen LogP contribution in [-0.4, -0.2) is 62.1 Å². The monoisotopic (exact) mass is 574 g/mol. The van der Waals surface area contributed by atoms with Gasteiger partial charge in [-0.25, -0.2) is 0 Å². The van der Waals surface area contributed by atoms with Crippen molar-refractivity contribution in [2.75, 3.05) is 45.5 Å². The van der Waals surface area contributed by atoms with E-state index in [9.17, 15) is 14.7 Å². The zero-order valence-corrected chi connectivity index (χ0v) is 24.3. The molecule has 3 atom stereocenters. The third-order valence-electron chi connectivity index (χ3n) is 8.10. The molecule has 0 bridgehead atoms. The van der Waals surface area contributed by atoms with Crippen LogP contribution in [-0.2, 0) is 27.2 Å². The third kappa shape index (κ3) is 6.07. The summed E-state index contributed by atoms with van der Waals surface area (Å²) in [5, 5.41) is 13.8. The first-order valence-corrected chi connectivity index (χ1v) is 14.4. The number of carboxylic acid groups (broad SMARTS) is 1. The number of anilines is 1. The van der Waals surface area contributed by atoms with Gasteiger partial charge in [-0.3, -0.25) is 14.5 Å². The Morgan fingerprint density at radius 2 is 1.71 bits per heavy atom. The minimum absolute atomic E-state index is 0.0170. The number of nitrogens with one attached hydrogen (secondary N) is 1. The predicted molar refractivity (Wildman–Crippen MR) is 158 cm³/mol. The second-order valence-electron chi connectivity index (χ2n) is 10.5. The van der Waals surface area contributed by atoms with Gasteiger partial charge in [0.25, 0.3) is 0 Å². The maximum atomic E-state index is 13.7. The smallest absolute Gasteiger partial charge is 0.309 e. The average Bonchev–Trinajstić information content (AvgIpc) is 3.62. The summed E-state index contributed by atoms with van der Waals surface area (Å²) >= 11 is 0. The molecule has 42 heavy (non-hydrogen) atoms. The molecule has 1 fully saturated rings. The van der Waals surface area contributed by atoms with Gasteiger partial charge in [0.05, 0.1) is 25.1 Å². The number of ether oxygens (including phenoxy) is 4. The molecule has 1 saturated heterocycles. The number of methoxy groups -OCH3 is 1. The van der Waals surface area contributed by atoms with E-state index in [2.05, 4.69) is 19.2 Å². The number of hydrogen-bond acceptors (Lipinski definition) is 7. The van der Waals surface area contributed by atoms with Gasteiger partial charge in [0, 0.05) is 30.8 Å². The Bertz CT molecular complexity index is 1400. The number of fused-ring (bicyclic) bond motifs is 1. The van der Waals surface area contributed by atoms with Gasteiger partial charge in [0.1, 0.15) is 12.4 Å². The van der Waals surface area contributed by atoms with Crippen LogP contribution in [0.4, 0.5) is 5.69 Å². The summed E-state index contributed by atoms with van der Waals surface area (Å²) in [6.45, 7) is 5.34. The number of hydrogen-bond donors (Lipinski definition) is 2. The second kappa shape index (κ2) is 13.3. The van der Waals surface area contributed by atoms with E-state index in [1.165, 1.54) is 0 Å². The molecule has 0 saturated carbocycles. The molecule has 2 aliphatic rings. The Morgan fingerprint density at radius 1 is 0.976 bits per heavy atom. The lowest BCUT2D eigenvalue weighted by molar-refractivity contribution is -0.143. The molecule has 9 heteroatoms. The highest BCUT2D eigenvalue weighted by atomic mass is 16.7. The normalized spacial score (nSPS) is 19.5. The topological polar surface area (TPSA) is 107 Å². The van der Waals surface area contributed by atoms with E-state index in [-0.39, 0.29) is 19.2 Å². The summed E-state index contributed by atoms with van der Waals surface area (Å²) in [5.74, 6) is -0.584. The highest BCUT2D eigenvalue weighted by Crippen LogP contribution is 2.49. The molecule has 0 radical (unpaired) electrons. The van der Waals surface area contributed by atoms with Crippen LogP contribution in [0.5, 0.6) is 17.2 Å². The van der Waals surface area contributed by atoms with Crippen LogP contribution < -0.4 is 19.5 Å². The molecule has 2 N–H and O–H groups in total. The maximum Gasteiger partial charge on any atom is 0.309 e. The Balaban J connectivity index is 1.51. The fraction of sp³-hybridized carbons (Fsp3) is 0.394. The van der Waals surface area contributed by atoms with Crippen molar-refractivity contribution in [3.63, 3.8) is 0 Å². The molecule has 3 aromatic rings. The number of benzene rings is 3. The Labute approximate surface area is 246 Å². The highest BCUT2D eigenvalue weighted by molar-refractivity contribution is 5.94. The Hall–Kier alpha value is -4.08. The molecule has 222 valence electrons. The van der Waals surface area contributed by atoms with Crippen molar-refractivity contribution in [2.24, 2.45) is 5.92 Å². The number of likely N-dealkylation sites (tertiary alicyclic amines) is 1. The van der Waals surface area contributed by atoms with Gasteiger partial charge in [-0.05, 0) is 47.7 Å². The number of aliphatic carboxylic acids is 1. The predicted octanol–water partition coefficient (Wildman–Crippen LogP) is 5.05. The van der Waals surface area contributed by atoms with Gasteiger partial charge in [0.2, 0.25) is 12.7 Å². The van der Waals surface area contributed by atoms with Crippen LogP contribution in [0.25, 0.3) is 0 Å². The lowest BCUT2D eigenvalue weighted by Crippen LogP contribution is -2.35. The molecule has 0 aromatic heterocycles. The summed E-state index contributed by atoms with van der Waals surface area (Å²) in [5.41, 5.74) is 4.52. The van der Waals surface area contributed by atoms with Crippen LogP contribution in [0.2, 0.25) is 0 Å². The molecule has 3 aromatic carbocycles. The number of rotatable bonds is 12. The zero-order valence-electron chi connectivity index (χ0n) is 24.3. The third-order valence-corrected chi connectivity index (χ3v) is 8.10. The highest BCUT2D eigenvalue weighted by Gasteiger charge is 2.49. The number of aryl methyl sites for hydroxylation is 2. The second-order valence-corrected chi connectivity index (χ2v) is 10.5. The summed E-state index contributed by atoms with van der Waals surface area (Å²) in [6, 6.07) is 18.5. The van der Waals surface area contributed by atoms with E-state index in [1.54, 1.807) is 7.11 Å². The lowest BCUT2D eigenvalue weighted by Gasteiger charge is -2.28. The number of carbonyl (C=O) groups excluding carboxylic acids is 1. The molecule has 2 heterocycles. The fourth-order valence-corrected chi connectivity index (χ4v) is 6.10. The van der Waals surface area contributed by atoms with Crippen molar-refractivity contribution in [1.82, 2.24) is 4.90 Å². The minimum Gasteiger partial charge on any atom is -0.491 e. The van der Waals surface area contributed by atoms with E-state index in [4.69, 9.17) is 18.9 Å². The van der Waals surface area contributed by atoms with Crippen LogP contribution >= 0.6 is 0 Å².